The van der Waals surface area contributed by atoms with E-state index in [1.807, 2.05) is 6.92 Å². The minimum absolute atomic E-state index is 0.0445. The number of hydrogen-bond donors (Lipinski definition) is 0. The van der Waals surface area contributed by atoms with E-state index in [1.54, 1.807) is 13.1 Å². The highest BCUT2D eigenvalue weighted by atomic mass is 16.1. The first kappa shape index (κ1) is 8.97. The zero-order valence-corrected chi connectivity index (χ0v) is 7.96. The van der Waals surface area contributed by atoms with E-state index in [1.165, 1.54) is 4.68 Å². The fraction of sp³-hybridized carbons (Fsp3) is 0.556. The topological polar surface area (TPSA) is 34.9 Å². The van der Waals surface area contributed by atoms with E-state index in [2.05, 4.69) is 18.9 Å². The highest BCUT2D eigenvalue weighted by molar-refractivity contribution is 5.18. The molecule has 0 unspecified atom stereocenters. The average molecular weight is 166 g/mol. The van der Waals surface area contributed by atoms with Crippen molar-refractivity contribution in [3.63, 3.8) is 0 Å². The molecule has 0 aliphatic heterocycles. The van der Waals surface area contributed by atoms with Crippen LogP contribution in [0.5, 0.6) is 0 Å². The van der Waals surface area contributed by atoms with Gasteiger partial charge in [-0.1, -0.05) is 13.8 Å². The highest BCUT2D eigenvalue weighted by Crippen LogP contribution is 2.12. The van der Waals surface area contributed by atoms with Crippen molar-refractivity contribution in [2.75, 3.05) is 0 Å². The van der Waals surface area contributed by atoms with Crippen LogP contribution in [0.3, 0.4) is 0 Å². The second kappa shape index (κ2) is 3.09. The molecule has 1 heterocycles. The Kier molecular flexibility index (Phi) is 2.31. The van der Waals surface area contributed by atoms with Crippen LogP contribution in [-0.2, 0) is 7.05 Å². The Balaban J connectivity index is 3.33. The zero-order chi connectivity index (χ0) is 9.30. The van der Waals surface area contributed by atoms with Crippen LogP contribution in [0.2, 0.25) is 0 Å². The lowest BCUT2D eigenvalue weighted by molar-refractivity contribution is 0.646. The molecule has 0 spiro atoms. The number of hydrogen-bond acceptors (Lipinski definition) is 2. The van der Waals surface area contributed by atoms with Crippen LogP contribution < -0.4 is 5.56 Å². The van der Waals surface area contributed by atoms with Gasteiger partial charge in [0.25, 0.3) is 5.56 Å². The molecule has 0 radical (unpaired) electrons. The van der Waals surface area contributed by atoms with E-state index in [9.17, 15) is 4.79 Å². The van der Waals surface area contributed by atoms with Gasteiger partial charge < -0.3 is 0 Å². The standard InChI is InChI=1S/C9H14N2O/c1-6(2)9-7(3)5-8(12)11(4)10-9/h5-6H,1-4H3. The molecule has 0 atom stereocenters. The maximum atomic E-state index is 11.1. The van der Waals surface area contributed by atoms with Crippen molar-refractivity contribution in [2.24, 2.45) is 7.05 Å². The molecular weight excluding hydrogens is 152 g/mol. The molecular formula is C9H14N2O. The lowest BCUT2D eigenvalue weighted by Crippen LogP contribution is -2.21. The normalized spacial score (nSPS) is 10.8. The first-order chi connectivity index (χ1) is 5.52. The first-order valence-electron chi connectivity index (χ1n) is 4.07. The second-order valence-electron chi connectivity index (χ2n) is 3.33. The monoisotopic (exact) mass is 166 g/mol. The summed E-state index contributed by atoms with van der Waals surface area (Å²) in [5.74, 6) is 0.372. The Morgan fingerprint density at radius 2 is 2.08 bits per heavy atom. The van der Waals surface area contributed by atoms with Crippen LogP contribution >= 0.6 is 0 Å². The van der Waals surface area contributed by atoms with Gasteiger partial charge in [0.15, 0.2) is 0 Å². The van der Waals surface area contributed by atoms with Gasteiger partial charge in [0.1, 0.15) is 0 Å². The summed E-state index contributed by atoms with van der Waals surface area (Å²) in [7, 11) is 1.67. The van der Waals surface area contributed by atoms with Gasteiger partial charge in [0.2, 0.25) is 0 Å². The molecule has 1 aromatic rings. The number of rotatable bonds is 1. The minimum atomic E-state index is -0.0445. The third-order valence-electron chi connectivity index (χ3n) is 1.87. The van der Waals surface area contributed by atoms with Crippen molar-refractivity contribution in [2.45, 2.75) is 26.7 Å². The molecule has 1 aromatic heterocycles. The third-order valence-corrected chi connectivity index (χ3v) is 1.87. The number of nitrogens with zero attached hydrogens (tertiary/aromatic N) is 2. The van der Waals surface area contributed by atoms with Crippen LogP contribution in [0.15, 0.2) is 10.9 Å². The van der Waals surface area contributed by atoms with E-state index in [4.69, 9.17) is 0 Å². The lowest BCUT2D eigenvalue weighted by atomic mass is 10.1. The predicted molar refractivity (Wildman–Crippen MR) is 48.3 cm³/mol. The van der Waals surface area contributed by atoms with Gasteiger partial charge in [0.05, 0.1) is 5.69 Å². The Hall–Kier alpha value is -1.12. The van der Waals surface area contributed by atoms with E-state index < -0.39 is 0 Å². The Labute approximate surface area is 72.0 Å². The van der Waals surface area contributed by atoms with Crippen molar-refractivity contribution in [3.05, 3.63) is 27.7 Å². The fourth-order valence-corrected chi connectivity index (χ4v) is 1.21. The summed E-state index contributed by atoms with van der Waals surface area (Å²) in [4.78, 5) is 11.1. The molecule has 0 N–H and O–H groups in total. The Morgan fingerprint density at radius 3 is 2.58 bits per heavy atom. The molecule has 0 amide bonds. The molecule has 66 valence electrons. The van der Waals surface area contributed by atoms with Crippen molar-refractivity contribution < 1.29 is 0 Å². The summed E-state index contributed by atoms with van der Waals surface area (Å²) in [6.07, 6.45) is 0. The van der Waals surface area contributed by atoms with Gasteiger partial charge in [-0.15, -0.1) is 0 Å². The predicted octanol–water partition coefficient (Wildman–Crippen LogP) is 1.21. The molecule has 0 saturated carbocycles. The Morgan fingerprint density at radius 1 is 1.50 bits per heavy atom. The SMILES string of the molecule is Cc1cc(=O)n(C)nc1C(C)C. The van der Waals surface area contributed by atoms with Crippen molar-refractivity contribution in [1.29, 1.82) is 0 Å². The summed E-state index contributed by atoms with van der Waals surface area (Å²) in [5.41, 5.74) is 1.93. The smallest absolute Gasteiger partial charge is 0.266 e. The summed E-state index contributed by atoms with van der Waals surface area (Å²) in [5, 5.41) is 4.18. The summed E-state index contributed by atoms with van der Waals surface area (Å²) in [6, 6.07) is 1.63. The molecule has 3 nitrogen and oxygen atoms in total. The zero-order valence-electron chi connectivity index (χ0n) is 7.96. The molecule has 12 heavy (non-hydrogen) atoms. The molecule has 3 heteroatoms. The molecule has 0 aliphatic carbocycles. The van der Waals surface area contributed by atoms with Crippen LogP contribution in [0.4, 0.5) is 0 Å². The summed E-state index contributed by atoms with van der Waals surface area (Å²) < 4.78 is 1.38. The Bertz CT molecular complexity index is 339. The first-order valence-corrected chi connectivity index (χ1v) is 4.07. The molecule has 1 rings (SSSR count). The fourth-order valence-electron chi connectivity index (χ4n) is 1.21. The van der Waals surface area contributed by atoms with E-state index >= 15 is 0 Å². The number of aromatic nitrogens is 2. The van der Waals surface area contributed by atoms with Gasteiger partial charge in [-0.3, -0.25) is 4.79 Å². The molecule has 0 saturated heterocycles. The van der Waals surface area contributed by atoms with Gasteiger partial charge in [-0.25, -0.2) is 4.68 Å². The average Bonchev–Trinajstić information content (AvgIpc) is 1.96. The van der Waals surface area contributed by atoms with E-state index in [-0.39, 0.29) is 5.56 Å². The molecule has 0 aromatic carbocycles. The summed E-state index contributed by atoms with van der Waals surface area (Å²) >= 11 is 0. The van der Waals surface area contributed by atoms with Crippen molar-refractivity contribution in [3.8, 4) is 0 Å². The van der Waals surface area contributed by atoms with Crippen LogP contribution in [0.25, 0.3) is 0 Å². The minimum Gasteiger partial charge on any atom is -0.268 e. The van der Waals surface area contributed by atoms with Crippen LogP contribution in [0, 0.1) is 6.92 Å². The lowest BCUT2D eigenvalue weighted by Gasteiger charge is -2.08. The molecule has 0 bridgehead atoms. The van der Waals surface area contributed by atoms with E-state index in [0.29, 0.717) is 5.92 Å². The quantitative estimate of drug-likeness (QED) is 0.628. The second-order valence-corrected chi connectivity index (χ2v) is 3.33. The number of aryl methyl sites for hydroxylation is 2. The largest absolute Gasteiger partial charge is 0.268 e. The van der Waals surface area contributed by atoms with Gasteiger partial charge >= 0.3 is 0 Å². The maximum Gasteiger partial charge on any atom is 0.266 e. The third kappa shape index (κ3) is 1.55. The van der Waals surface area contributed by atoms with Gasteiger partial charge in [-0.2, -0.15) is 5.10 Å². The van der Waals surface area contributed by atoms with Crippen LogP contribution in [0.1, 0.15) is 31.0 Å². The maximum absolute atomic E-state index is 11.1. The molecule has 0 fully saturated rings. The van der Waals surface area contributed by atoms with Crippen molar-refractivity contribution >= 4 is 0 Å². The van der Waals surface area contributed by atoms with Gasteiger partial charge in [-0.05, 0) is 18.4 Å². The highest BCUT2D eigenvalue weighted by Gasteiger charge is 2.06. The summed E-state index contributed by atoms with van der Waals surface area (Å²) in [6.45, 7) is 6.06. The molecule has 0 aliphatic rings. The van der Waals surface area contributed by atoms with Gasteiger partial charge in [0, 0.05) is 13.1 Å². The van der Waals surface area contributed by atoms with Crippen LogP contribution in [-0.4, -0.2) is 9.78 Å². The van der Waals surface area contributed by atoms with E-state index in [0.717, 1.165) is 11.3 Å². The van der Waals surface area contributed by atoms with Crippen molar-refractivity contribution in [1.82, 2.24) is 9.78 Å².